The molecule has 3 aromatic rings. The molecule has 0 aliphatic carbocycles. The lowest BCUT2D eigenvalue weighted by Gasteiger charge is -2.24. The van der Waals surface area contributed by atoms with Crippen LogP contribution in [0.25, 0.3) is 0 Å². The number of rotatable bonds is 5. The standard InChI is InChI=1S/C21H15Br2N5O4/c1-10-17-18(14(8-24)20(25)32-21(17)27-26-10)12-6-15(22)19(16(23)7-12)31-9-11-3-2-4-13(5-11)28(29)30/h2-7,18H,9,25H2,1H3,(H,26,27)/t18-/m1/s1. The first-order chi connectivity index (χ1) is 15.3. The summed E-state index contributed by atoms with van der Waals surface area (Å²) in [6.45, 7) is 1.98. The highest BCUT2D eigenvalue weighted by Crippen LogP contribution is 2.46. The highest BCUT2D eigenvalue weighted by atomic mass is 79.9. The van der Waals surface area contributed by atoms with Crippen LogP contribution in [0.4, 0.5) is 5.69 Å². The maximum Gasteiger partial charge on any atom is 0.269 e. The quantitative estimate of drug-likeness (QED) is 0.332. The summed E-state index contributed by atoms with van der Waals surface area (Å²) < 4.78 is 12.7. The van der Waals surface area contributed by atoms with E-state index in [4.69, 9.17) is 15.2 Å². The van der Waals surface area contributed by atoms with Crippen molar-refractivity contribution in [2.45, 2.75) is 19.4 Å². The zero-order valence-corrected chi connectivity index (χ0v) is 19.7. The van der Waals surface area contributed by atoms with Crippen molar-refractivity contribution in [2.24, 2.45) is 5.73 Å². The minimum Gasteiger partial charge on any atom is -0.487 e. The summed E-state index contributed by atoms with van der Waals surface area (Å²) in [5.74, 6) is 0.393. The predicted molar refractivity (Wildman–Crippen MR) is 122 cm³/mol. The zero-order chi connectivity index (χ0) is 23.0. The third-order valence-corrected chi connectivity index (χ3v) is 6.17. The smallest absolute Gasteiger partial charge is 0.269 e. The molecule has 0 unspecified atom stereocenters. The normalized spacial score (nSPS) is 15.0. The summed E-state index contributed by atoms with van der Waals surface area (Å²) in [6.07, 6.45) is 0. The van der Waals surface area contributed by atoms with Crippen molar-refractivity contribution in [3.8, 4) is 17.7 Å². The molecule has 1 aliphatic rings. The van der Waals surface area contributed by atoms with Crippen LogP contribution in [-0.2, 0) is 6.61 Å². The number of ether oxygens (including phenoxy) is 2. The van der Waals surface area contributed by atoms with E-state index < -0.39 is 10.8 Å². The number of allylic oxidation sites excluding steroid dienone is 1. The Balaban J connectivity index is 1.68. The Bertz CT molecular complexity index is 1290. The Hall–Kier alpha value is -3.36. The van der Waals surface area contributed by atoms with E-state index in [0.29, 0.717) is 26.1 Å². The number of nitro groups is 1. The van der Waals surface area contributed by atoms with Crippen LogP contribution in [0.2, 0.25) is 0 Å². The summed E-state index contributed by atoms with van der Waals surface area (Å²) in [4.78, 5) is 10.5. The van der Waals surface area contributed by atoms with Crippen LogP contribution in [0.5, 0.6) is 11.6 Å². The van der Waals surface area contributed by atoms with Crippen molar-refractivity contribution in [1.29, 1.82) is 5.26 Å². The molecule has 3 N–H and O–H groups in total. The fourth-order valence-electron chi connectivity index (χ4n) is 3.53. The third-order valence-electron chi connectivity index (χ3n) is 4.99. The highest BCUT2D eigenvalue weighted by molar-refractivity contribution is 9.11. The fourth-order valence-corrected chi connectivity index (χ4v) is 4.98. The number of aromatic amines is 1. The molecule has 0 fully saturated rings. The molecule has 11 heteroatoms. The minimum atomic E-state index is -0.471. The third kappa shape index (κ3) is 3.94. The van der Waals surface area contributed by atoms with E-state index in [0.717, 1.165) is 16.8 Å². The zero-order valence-electron chi connectivity index (χ0n) is 16.6. The molecule has 2 aromatic carbocycles. The molecule has 162 valence electrons. The summed E-state index contributed by atoms with van der Waals surface area (Å²) in [5, 5.41) is 27.7. The Morgan fingerprint density at radius 2 is 2.06 bits per heavy atom. The van der Waals surface area contributed by atoms with E-state index in [1.54, 1.807) is 12.1 Å². The van der Waals surface area contributed by atoms with Gasteiger partial charge in [0.25, 0.3) is 5.69 Å². The number of fused-ring (bicyclic) bond motifs is 1. The molecule has 0 saturated carbocycles. The van der Waals surface area contributed by atoms with E-state index in [1.165, 1.54) is 12.1 Å². The number of nitrogens with two attached hydrogens (primary N) is 1. The summed E-state index contributed by atoms with van der Waals surface area (Å²) in [7, 11) is 0. The SMILES string of the molecule is Cc1[nH]nc2c1[C@H](c1cc(Br)c(OCc3cccc([N+](=O)[O-])c3)c(Br)c1)C(C#N)=C(N)O2. The van der Waals surface area contributed by atoms with Crippen LogP contribution < -0.4 is 15.2 Å². The molecular formula is C21H15Br2N5O4. The van der Waals surface area contributed by atoms with Crippen molar-refractivity contribution in [3.63, 3.8) is 0 Å². The molecule has 2 heterocycles. The number of halogens is 2. The van der Waals surface area contributed by atoms with Gasteiger partial charge in [0.1, 0.15) is 24.0 Å². The number of aryl methyl sites for hydroxylation is 1. The topological polar surface area (TPSA) is 140 Å². The number of H-pyrrole nitrogens is 1. The molecule has 1 atom stereocenters. The number of nitro benzene ring substituents is 1. The molecule has 9 nitrogen and oxygen atoms in total. The number of nitrogens with zero attached hydrogens (tertiary/aromatic N) is 3. The van der Waals surface area contributed by atoms with Crippen LogP contribution in [0.3, 0.4) is 0 Å². The molecule has 1 aliphatic heterocycles. The number of nitriles is 1. The lowest BCUT2D eigenvalue weighted by atomic mass is 9.84. The van der Waals surface area contributed by atoms with Crippen molar-refractivity contribution in [2.75, 3.05) is 0 Å². The van der Waals surface area contributed by atoms with Gasteiger partial charge in [-0.25, -0.2) is 0 Å². The summed E-state index contributed by atoms with van der Waals surface area (Å²) in [5.41, 5.74) is 9.20. The number of non-ortho nitro benzene ring substituents is 1. The Labute approximate surface area is 199 Å². The predicted octanol–water partition coefficient (Wildman–Crippen LogP) is 4.95. The van der Waals surface area contributed by atoms with Crippen molar-refractivity contribution in [3.05, 3.63) is 89.3 Å². The molecular weight excluding hydrogens is 546 g/mol. The molecule has 0 saturated heterocycles. The van der Waals surface area contributed by atoms with Crippen LogP contribution >= 0.6 is 31.9 Å². The first-order valence-corrected chi connectivity index (χ1v) is 10.9. The molecule has 0 spiro atoms. The van der Waals surface area contributed by atoms with E-state index in [2.05, 4.69) is 48.1 Å². The van der Waals surface area contributed by atoms with E-state index in [9.17, 15) is 15.4 Å². The van der Waals surface area contributed by atoms with Gasteiger partial charge >= 0.3 is 0 Å². The first-order valence-electron chi connectivity index (χ1n) is 9.27. The second-order valence-corrected chi connectivity index (χ2v) is 8.73. The minimum absolute atomic E-state index is 0.00112. The Morgan fingerprint density at radius 1 is 1.34 bits per heavy atom. The van der Waals surface area contributed by atoms with Crippen LogP contribution in [0.15, 0.2) is 56.8 Å². The second kappa shape index (κ2) is 8.64. The maximum absolute atomic E-state index is 11.0. The van der Waals surface area contributed by atoms with E-state index in [-0.39, 0.29) is 23.8 Å². The first kappa shape index (κ1) is 21.9. The van der Waals surface area contributed by atoms with Gasteiger partial charge in [-0.15, -0.1) is 5.10 Å². The van der Waals surface area contributed by atoms with E-state index >= 15 is 0 Å². The fraction of sp³-hybridized carbons (Fsp3) is 0.143. The average Bonchev–Trinajstić information content (AvgIpc) is 3.12. The Kier molecular flexibility index (Phi) is 5.90. The summed E-state index contributed by atoms with van der Waals surface area (Å²) in [6, 6.07) is 12.1. The lowest BCUT2D eigenvalue weighted by Crippen LogP contribution is -2.21. The average molecular weight is 561 g/mol. The van der Waals surface area contributed by atoms with Crippen LogP contribution in [0, 0.1) is 28.4 Å². The monoisotopic (exact) mass is 559 g/mol. The van der Waals surface area contributed by atoms with Gasteiger partial charge in [-0.05, 0) is 62.0 Å². The van der Waals surface area contributed by atoms with Crippen molar-refractivity contribution in [1.82, 2.24) is 10.2 Å². The molecule has 0 radical (unpaired) electrons. The van der Waals surface area contributed by atoms with Gasteiger partial charge in [0.05, 0.1) is 19.8 Å². The van der Waals surface area contributed by atoms with Gasteiger partial charge in [-0.3, -0.25) is 15.2 Å². The number of benzene rings is 2. The van der Waals surface area contributed by atoms with Crippen LogP contribution in [-0.4, -0.2) is 15.1 Å². The van der Waals surface area contributed by atoms with Gasteiger partial charge < -0.3 is 15.2 Å². The lowest BCUT2D eigenvalue weighted by molar-refractivity contribution is -0.384. The van der Waals surface area contributed by atoms with Crippen molar-refractivity contribution >= 4 is 37.5 Å². The molecule has 4 rings (SSSR count). The maximum atomic E-state index is 11.0. The van der Waals surface area contributed by atoms with Gasteiger partial charge in [0.15, 0.2) is 0 Å². The molecule has 1 aromatic heterocycles. The van der Waals surface area contributed by atoms with Gasteiger partial charge in [-0.2, -0.15) is 5.26 Å². The molecule has 32 heavy (non-hydrogen) atoms. The van der Waals surface area contributed by atoms with Crippen molar-refractivity contribution < 1.29 is 14.4 Å². The second-order valence-electron chi connectivity index (χ2n) is 7.02. The number of aromatic nitrogens is 2. The number of nitrogens with one attached hydrogen (secondary N) is 1. The molecule has 0 bridgehead atoms. The van der Waals surface area contributed by atoms with Gasteiger partial charge in [-0.1, -0.05) is 12.1 Å². The Morgan fingerprint density at radius 3 is 2.72 bits per heavy atom. The largest absolute Gasteiger partial charge is 0.487 e. The van der Waals surface area contributed by atoms with Gasteiger partial charge in [0, 0.05) is 23.4 Å². The highest BCUT2D eigenvalue weighted by Gasteiger charge is 2.34. The number of hydrogen-bond acceptors (Lipinski definition) is 7. The summed E-state index contributed by atoms with van der Waals surface area (Å²) >= 11 is 7.07. The van der Waals surface area contributed by atoms with Crippen LogP contribution in [0.1, 0.15) is 28.3 Å². The van der Waals surface area contributed by atoms with E-state index in [1.807, 2.05) is 19.1 Å². The molecule has 0 amide bonds. The van der Waals surface area contributed by atoms with Gasteiger partial charge in [0.2, 0.25) is 11.8 Å². The number of hydrogen-bond donors (Lipinski definition) is 2.